The normalized spacial score (nSPS) is 33.5. The van der Waals surface area contributed by atoms with Crippen LogP contribution in [0.15, 0.2) is 109 Å². The second-order valence-corrected chi connectivity index (χ2v) is 19.5. The lowest BCUT2D eigenvalue weighted by molar-refractivity contribution is -0.161. The van der Waals surface area contributed by atoms with E-state index < -0.39 is 29.7 Å². The number of carbonyl (C=O) groups is 2. The second kappa shape index (κ2) is 17.3. The molecule has 3 fully saturated rings. The molecule has 0 radical (unpaired) electrons. The van der Waals surface area contributed by atoms with Crippen molar-refractivity contribution in [1.29, 1.82) is 0 Å². The SMILES string of the molecule is CC(=O)O[C@H]1C=C[C@H]2[C@@H]3CCc4cc(OCc5ccccc5)ccc4[C@H]3CC[C@]12C.CC(=O)O[C@H]1[C@H](O)[C@H](O)[C@H]2[C@@H]3CCc4cc(OCc5ccccc5)ccc4[C@H]3CC[C@@]21C. The van der Waals surface area contributed by atoms with Gasteiger partial charge < -0.3 is 29.2 Å². The lowest BCUT2D eigenvalue weighted by Crippen LogP contribution is -2.47. The molecule has 0 aliphatic heterocycles. The smallest absolute Gasteiger partial charge is 0.303 e. The van der Waals surface area contributed by atoms with Gasteiger partial charge in [0.25, 0.3) is 0 Å². The lowest BCUT2D eigenvalue weighted by Gasteiger charge is -2.50. The molecule has 8 nitrogen and oxygen atoms in total. The fourth-order valence-corrected chi connectivity index (χ4v) is 13.0. The van der Waals surface area contributed by atoms with Gasteiger partial charge in [0.15, 0.2) is 0 Å². The van der Waals surface area contributed by atoms with Crippen molar-refractivity contribution in [3.05, 3.63) is 143 Å². The first-order chi connectivity index (χ1) is 29.9. The molecule has 4 aromatic carbocycles. The van der Waals surface area contributed by atoms with Crippen LogP contribution in [-0.4, -0.2) is 46.6 Å². The van der Waals surface area contributed by atoms with Gasteiger partial charge in [0.1, 0.15) is 43.0 Å². The number of hydrogen-bond acceptors (Lipinski definition) is 8. The van der Waals surface area contributed by atoms with Crippen molar-refractivity contribution in [2.75, 3.05) is 0 Å². The van der Waals surface area contributed by atoms with Gasteiger partial charge in [-0.15, -0.1) is 0 Å². The highest BCUT2D eigenvalue weighted by Gasteiger charge is 2.64. The van der Waals surface area contributed by atoms with Crippen molar-refractivity contribution in [3.8, 4) is 11.5 Å². The molecule has 0 spiro atoms. The molecule has 0 bridgehead atoms. The third-order valence-corrected chi connectivity index (χ3v) is 15.9. The van der Waals surface area contributed by atoms with Crippen LogP contribution >= 0.6 is 0 Å². The van der Waals surface area contributed by atoms with Crippen LogP contribution in [0.2, 0.25) is 0 Å². The average Bonchev–Trinajstić information content (AvgIpc) is 3.70. The van der Waals surface area contributed by atoms with Gasteiger partial charge in [-0.25, -0.2) is 0 Å². The first kappa shape index (κ1) is 42.4. The van der Waals surface area contributed by atoms with E-state index in [0.29, 0.717) is 36.9 Å². The first-order valence-electron chi connectivity index (χ1n) is 22.9. The molecule has 0 amide bonds. The van der Waals surface area contributed by atoms with Gasteiger partial charge in [0, 0.05) is 24.7 Å². The molecule has 326 valence electrons. The highest BCUT2D eigenvalue weighted by molar-refractivity contribution is 5.67. The molecule has 3 saturated carbocycles. The molecule has 2 N–H and O–H groups in total. The van der Waals surface area contributed by atoms with E-state index in [1.807, 2.05) is 36.4 Å². The summed E-state index contributed by atoms with van der Waals surface area (Å²) in [6.07, 6.45) is 10.1. The largest absolute Gasteiger partial charge is 0.489 e. The van der Waals surface area contributed by atoms with Gasteiger partial charge in [-0.3, -0.25) is 9.59 Å². The van der Waals surface area contributed by atoms with E-state index in [0.717, 1.165) is 62.0 Å². The van der Waals surface area contributed by atoms with E-state index in [-0.39, 0.29) is 29.3 Å². The average molecular weight is 839 g/mol. The van der Waals surface area contributed by atoms with Gasteiger partial charge in [-0.05, 0) is 151 Å². The van der Waals surface area contributed by atoms with Gasteiger partial charge in [0.05, 0.1) is 6.10 Å². The van der Waals surface area contributed by atoms with E-state index in [2.05, 4.69) is 86.7 Å². The maximum Gasteiger partial charge on any atom is 0.303 e. The van der Waals surface area contributed by atoms with Crippen molar-refractivity contribution in [1.82, 2.24) is 0 Å². The minimum absolute atomic E-state index is 0.0447. The fraction of sp³-hybridized carbons (Fsp3) is 0.481. The molecule has 0 aromatic heterocycles. The summed E-state index contributed by atoms with van der Waals surface area (Å²) in [5.74, 6) is 3.52. The Balaban J connectivity index is 0.000000158. The van der Waals surface area contributed by atoms with Gasteiger partial charge in [0.2, 0.25) is 0 Å². The topological polar surface area (TPSA) is 112 Å². The minimum Gasteiger partial charge on any atom is -0.489 e. The standard InChI is InChI=1S/C27H32O5.C27H30O3/c1-16(28)32-26-25(30)24(29)23-22-10-8-18-14-19(31-15-17-6-4-3-5-7-17)9-11-20(18)21(22)12-13-27(23,26)2;1-18(28)30-26-13-12-25-24-10-8-20-16-21(29-17-19-6-4-3-5-7-19)9-11-22(20)23(24)14-15-27(25,26)2/h3-7,9,11,14,21-26,29-30H,8,10,12-13,15H2,1-2H3;3-7,9,11-13,16,23-26H,8,10,14-15,17H2,1-2H3/t21-,22-,23-,24-,25-,26+,27+;23-,24-,25+,26+,27+/m11/s1. The Hall–Kier alpha value is -4.92. The number of allylic oxidation sites excluding steroid dienone is 1. The summed E-state index contributed by atoms with van der Waals surface area (Å²) in [6, 6.07) is 33.6. The first-order valence-corrected chi connectivity index (χ1v) is 22.9. The van der Waals surface area contributed by atoms with Crippen molar-refractivity contribution in [2.24, 2.45) is 34.5 Å². The molecule has 6 aliphatic carbocycles. The number of aliphatic hydroxyl groups excluding tert-OH is 2. The minimum atomic E-state index is -1.03. The van der Waals surface area contributed by atoms with Crippen LogP contribution in [0.25, 0.3) is 0 Å². The highest BCUT2D eigenvalue weighted by Crippen LogP contribution is 2.62. The molecule has 0 saturated heterocycles. The van der Waals surface area contributed by atoms with Crippen molar-refractivity contribution >= 4 is 11.9 Å². The number of aliphatic hydroxyl groups is 2. The number of ether oxygens (including phenoxy) is 4. The van der Waals surface area contributed by atoms with Crippen LogP contribution < -0.4 is 9.47 Å². The Morgan fingerprint density at radius 2 is 1.13 bits per heavy atom. The summed E-state index contributed by atoms with van der Waals surface area (Å²) in [7, 11) is 0. The summed E-state index contributed by atoms with van der Waals surface area (Å²) in [5.41, 5.74) is 7.60. The summed E-state index contributed by atoms with van der Waals surface area (Å²) < 4.78 is 23.3. The summed E-state index contributed by atoms with van der Waals surface area (Å²) in [4.78, 5) is 23.2. The molecule has 4 aromatic rings. The number of fused-ring (bicyclic) bond motifs is 10. The van der Waals surface area contributed by atoms with Gasteiger partial charge in [-0.2, -0.15) is 0 Å². The third-order valence-electron chi connectivity index (χ3n) is 15.9. The molecular formula is C54H62O8. The number of rotatable bonds is 8. The molecule has 12 atom stereocenters. The third kappa shape index (κ3) is 7.98. The van der Waals surface area contributed by atoms with Crippen LogP contribution in [-0.2, 0) is 45.1 Å². The number of carbonyl (C=O) groups excluding carboxylic acids is 2. The maximum absolute atomic E-state index is 11.7. The number of hydrogen-bond donors (Lipinski definition) is 2. The van der Waals surface area contributed by atoms with E-state index in [4.69, 9.17) is 18.9 Å². The summed E-state index contributed by atoms with van der Waals surface area (Å²) in [5, 5.41) is 21.7. The van der Waals surface area contributed by atoms with Crippen LogP contribution in [0.4, 0.5) is 0 Å². The van der Waals surface area contributed by atoms with Crippen molar-refractivity contribution < 1.29 is 38.7 Å². The van der Waals surface area contributed by atoms with Crippen LogP contribution in [0.5, 0.6) is 11.5 Å². The number of esters is 2. The Bertz CT molecular complexity index is 2270. The Morgan fingerprint density at radius 1 is 0.613 bits per heavy atom. The molecule has 62 heavy (non-hydrogen) atoms. The predicted octanol–water partition coefficient (Wildman–Crippen LogP) is 9.82. The van der Waals surface area contributed by atoms with Crippen LogP contribution in [0.3, 0.4) is 0 Å². The number of benzene rings is 4. The van der Waals surface area contributed by atoms with E-state index >= 15 is 0 Å². The van der Waals surface area contributed by atoms with Crippen LogP contribution in [0, 0.1) is 34.5 Å². The predicted molar refractivity (Wildman–Crippen MR) is 237 cm³/mol. The fourth-order valence-electron chi connectivity index (χ4n) is 13.0. The van der Waals surface area contributed by atoms with Crippen molar-refractivity contribution in [2.45, 2.75) is 129 Å². The highest BCUT2D eigenvalue weighted by atomic mass is 16.6. The monoisotopic (exact) mass is 838 g/mol. The molecule has 10 rings (SSSR count). The molecular weight excluding hydrogens is 777 g/mol. The van der Waals surface area contributed by atoms with Gasteiger partial charge in [-0.1, -0.05) is 92.7 Å². The zero-order valence-corrected chi connectivity index (χ0v) is 36.6. The van der Waals surface area contributed by atoms with Crippen LogP contribution in [0.1, 0.15) is 111 Å². The molecule has 0 unspecified atom stereocenters. The summed E-state index contributed by atoms with van der Waals surface area (Å²) in [6.45, 7) is 8.44. The Morgan fingerprint density at radius 3 is 1.68 bits per heavy atom. The lowest BCUT2D eigenvalue weighted by atomic mass is 9.55. The Kier molecular flexibility index (Phi) is 11.8. The van der Waals surface area contributed by atoms with Crippen molar-refractivity contribution in [3.63, 3.8) is 0 Å². The van der Waals surface area contributed by atoms with E-state index in [1.54, 1.807) is 0 Å². The Labute approximate surface area is 366 Å². The second-order valence-electron chi connectivity index (χ2n) is 19.5. The van der Waals surface area contributed by atoms with E-state index in [9.17, 15) is 19.8 Å². The molecule has 6 aliphatic rings. The number of aryl methyl sites for hydroxylation is 2. The molecule has 8 heteroatoms. The zero-order chi connectivity index (χ0) is 43.2. The van der Waals surface area contributed by atoms with E-state index in [1.165, 1.54) is 48.1 Å². The zero-order valence-electron chi connectivity index (χ0n) is 36.6. The molecule has 0 heterocycles. The quantitative estimate of drug-likeness (QED) is 0.133. The van der Waals surface area contributed by atoms with Gasteiger partial charge >= 0.3 is 11.9 Å². The maximum atomic E-state index is 11.7. The summed E-state index contributed by atoms with van der Waals surface area (Å²) >= 11 is 0.